The molecule has 0 saturated carbocycles. The van der Waals surface area contributed by atoms with E-state index in [1.54, 1.807) is 12.1 Å². The third kappa shape index (κ3) is 5.12. The molecule has 0 aliphatic rings. The predicted molar refractivity (Wildman–Crippen MR) is 98.3 cm³/mol. The van der Waals surface area contributed by atoms with Gasteiger partial charge in [-0.3, -0.25) is 9.48 Å². The van der Waals surface area contributed by atoms with E-state index >= 15 is 0 Å². The van der Waals surface area contributed by atoms with Crippen LogP contribution in [0.25, 0.3) is 0 Å². The predicted octanol–water partition coefficient (Wildman–Crippen LogP) is 4.70. The second-order valence-electron chi connectivity index (χ2n) is 6.31. The number of carbonyl (C=O) groups excluding carboxylic acids is 1. The summed E-state index contributed by atoms with van der Waals surface area (Å²) in [5.74, 6) is -0.707. The van der Waals surface area contributed by atoms with Crippen molar-refractivity contribution in [3.05, 3.63) is 77.1 Å². The van der Waals surface area contributed by atoms with Crippen molar-refractivity contribution in [1.29, 1.82) is 0 Å². The lowest BCUT2D eigenvalue weighted by Gasteiger charge is -2.10. The lowest BCUT2D eigenvalue weighted by Crippen LogP contribution is -2.17. The van der Waals surface area contributed by atoms with Crippen molar-refractivity contribution < 1.29 is 22.7 Å². The third-order valence-corrected chi connectivity index (χ3v) is 4.00. The highest BCUT2D eigenvalue weighted by molar-refractivity contribution is 6.04. The fourth-order valence-corrected chi connectivity index (χ4v) is 2.71. The second kappa shape index (κ2) is 7.75. The van der Waals surface area contributed by atoms with Crippen LogP contribution < -0.4 is 10.1 Å². The van der Waals surface area contributed by atoms with E-state index in [2.05, 4.69) is 15.2 Å². The molecule has 0 saturated heterocycles. The number of nitrogens with one attached hydrogen (secondary N) is 1. The van der Waals surface area contributed by atoms with E-state index in [1.807, 2.05) is 36.7 Å². The molecule has 146 valence electrons. The smallest absolute Gasteiger partial charge is 0.406 e. The summed E-state index contributed by atoms with van der Waals surface area (Å²) in [5, 5.41) is 7.04. The zero-order valence-electron chi connectivity index (χ0n) is 15.2. The molecule has 1 aromatic heterocycles. The van der Waals surface area contributed by atoms with Crippen molar-refractivity contribution in [2.24, 2.45) is 0 Å². The molecular formula is C20H18F3N3O2. The largest absolute Gasteiger partial charge is 0.573 e. The number of hydrogen-bond acceptors (Lipinski definition) is 3. The molecule has 0 fully saturated rings. The number of hydrogen-bond donors (Lipinski definition) is 1. The first-order valence-corrected chi connectivity index (χ1v) is 8.47. The van der Waals surface area contributed by atoms with Gasteiger partial charge in [0.25, 0.3) is 5.91 Å². The lowest BCUT2D eigenvalue weighted by molar-refractivity contribution is -0.274. The number of aromatic nitrogens is 2. The minimum Gasteiger partial charge on any atom is -0.406 e. The number of carbonyl (C=O) groups is 1. The summed E-state index contributed by atoms with van der Waals surface area (Å²) in [6.07, 6.45) is -4.75. The summed E-state index contributed by atoms with van der Waals surface area (Å²) in [5.41, 5.74) is 3.80. The molecule has 0 atom stereocenters. The zero-order chi connectivity index (χ0) is 20.3. The summed E-state index contributed by atoms with van der Waals surface area (Å²) >= 11 is 0. The Kier molecular flexibility index (Phi) is 5.39. The topological polar surface area (TPSA) is 56.2 Å². The molecule has 0 unspecified atom stereocenters. The molecule has 5 nitrogen and oxygen atoms in total. The van der Waals surface area contributed by atoms with E-state index in [0.29, 0.717) is 17.8 Å². The maximum atomic E-state index is 12.3. The van der Waals surface area contributed by atoms with E-state index < -0.39 is 6.36 Å². The summed E-state index contributed by atoms with van der Waals surface area (Å²) in [7, 11) is 0. The van der Waals surface area contributed by atoms with Gasteiger partial charge in [0.05, 0.1) is 12.2 Å². The first-order valence-electron chi connectivity index (χ1n) is 8.47. The van der Waals surface area contributed by atoms with Crippen molar-refractivity contribution in [3.8, 4) is 5.75 Å². The Bertz CT molecular complexity index is 962. The van der Waals surface area contributed by atoms with Crippen LogP contribution in [0.5, 0.6) is 5.75 Å². The van der Waals surface area contributed by atoms with Crippen molar-refractivity contribution >= 4 is 11.6 Å². The number of aryl methyl sites for hydroxylation is 2. The fourth-order valence-electron chi connectivity index (χ4n) is 2.71. The van der Waals surface area contributed by atoms with Crippen LogP contribution in [0.15, 0.2) is 54.6 Å². The minimum atomic E-state index is -4.75. The van der Waals surface area contributed by atoms with Gasteiger partial charge in [0.2, 0.25) is 0 Å². The molecule has 0 aliphatic carbocycles. The number of amides is 1. The molecule has 0 bridgehead atoms. The molecule has 1 N–H and O–H groups in total. The maximum absolute atomic E-state index is 12.3. The summed E-state index contributed by atoms with van der Waals surface area (Å²) < 4.78 is 42.2. The molecule has 0 aliphatic heterocycles. The SMILES string of the molecule is Cc1cc(C)n(Cc2ccc(C(=O)Nc3ccc(OC(F)(F)F)cc3)cc2)n1. The average Bonchev–Trinajstić information content (AvgIpc) is 2.93. The number of benzene rings is 2. The van der Waals surface area contributed by atoms with Gasteiger partial charge < -0.3 is 10.1 Å². The average molecular weight is 389 g/mol. The molecule has 1 heterocycles. The van der Waals surface area contributed by atoms with Gasteiger partial charge in [-0.1, -0.05) is 12.1 Å². The third-order valence-electron chi connectivity index (χ3n) is 4.00. The number of rotatable bonds is 5. The van der Waals surface area contributed by atoms with Gasteiger partial charge >= 0.3 is 6.36 Å². The van der Waals surface area contributed by atoms with Crippen LogP contribution in [0.3, 0.4) is 0 Å². The second-order valence-corrected chi connectivity index (χ2v) is 6.31. The Morgan fingerprint density at radius 1 is 1.07 bits per heavy atom. The van der Waals surface area contributed by atoms with Crippen LogP contribution in [0.4, 0.5) is 18.9 Å². The fraction of sp³-hybridized carbons (Fsp3) is 0.200. The van der Waals surface area contributed by atoms with Crippen molar-refractivity contribution in [3.63, 3.8) is 0 Å². The number of alkyl halides is 3. The lowest BCUT2D eigenvalue weighted by atomic mass is 10.1. The van der Waals surface area contributed by atoms with Gasteiger partial charge in [-0.2, -0.15) is 5.10 Å². The van der Waals surface area contributed by atoms with Gasteiger partial charge in [0.15, 0.2) is 0 Å². The van der Waals surface area contributed by atoms with E-state index in [9.17, 15) is 18.0 Å². The van der Waals surface area contributed by atoms with E-state index in [4.69, 9.17) is 0 Å². The monoisotopic (exact) mass is 389 g/mol. The molecular weight excluding hydrogens is 371 g/mol. The molecule has 8 heteroatoms. The van der Waals surface area contributed by atoms with E-state index in [-0.39, 0.29) is 11.7 Å². The summed E-state index contributed by atoms with van der Waals surface area (Å²) in [6, 6.07) is 14.0. The molecule has 0 radical (unpaired) electrons. The van der Waals surface area contributed by atoms with E-state index in [1.165, 1.54) is 12.1 Å². The van der Waals surface area contributed by atoms with Gasteiger partial charge in [0, 0.05) is 16.9 Å². The standard InChI is InChI=1S/C20H18F3N3O2/c1-13-11-14(2)26(25-13)12-15-3-5-16(6-4-15)19(27)24-17-7-9-18(10-8-17)28-20(21,22)23/h3-11H,12H2,1-2H3,(H,24,27). The Labute approximate surface area is 159 Å². The van der Waals surface area contributed by atoms with E-state index in [0.717, 1.165) is 29.1 Å². The molecule has 28 heavy (non-hydrogen) atoms. The first kappa shape index (κ1) is 19.5. The number of anilines is 1. The molecule has 2 aromatic carbocycles. The number of ether oxygens (including phenoxy) is 1. The van der Waals surface area contributed by atoms with Crippen molar-refractivity contribution in [1.82, 2.24) is 9.78 Å². The van der Waals surface area contributed by atoms with Crippen LogP contribution in [0, 0.1) is 13.8 Å². The highest BCUT2D eigenvalue weighted by atomic mass is 19.4. The highest BCUT2D eigenvalue weighted by Crippen LogP contribution is 2.24. The summed E-state index contributed by atoms with van der Waals surface area (Å²) in [4.78, 5) is 12.3. The van der Waals surface area contributed by atoms with Crippen molar-refractivity contribution in [2.45, 2.75) is 26.8 Å². The zero-order valence-corrected chi connectivity index (χ0v) is 15.2. The number of halogens is 3. The Morgan fingerprint density at radius 3 is 2.25 bits per heavy atom. The van der Waals surface area contributed by atoms with Gasteiger partial charge in [-0.05, 0) is 61.9 Å². The van der Waals surface area contributed by atoms with Crippen LogP contribution in [0.2, 0.25) is 0 Å². The minimum absolute atomic E-state index is 0.348. The van der Waals surface area contributed by atoms with Crippen LogP contribution in [-0.2, 0) is 6.54 Å². The molecule has 1 amide bonds. The Morgan fingerprint density at radius 2 is 1.71 bits per heavy atom. The Hall–Kier alpha value is -3.29. The normalized spacial score (nSPS) is 11.3. The van der Waals surface area contributed by atoms with Crippen LogP contribution in [0.1, 0.15) is 27.3 Å². The highest BCUT2D eigenvalue weighted by Gasteiger charge is 2.30. The number of nitrogens with zero attached hydrogens (tertiary/aromatic N) is 2. The quantitative estimate of drug-likeness (QED) is 0.688. The molecule has 3 aromatic rings. The van der Waals surface area contributed by atoms with Crippen molar-refractivity contribution in [2.75, 3.05) is 5.32 Å². The Balaban J connectivity index is 1.62. The van der Waals surface area contributed by atoms with Crippen LogP contribution >= 0.6 is 0 Å². The maximum Gasteiger partial charge on any atom is 0.573 e. The van der Waals surface area contributed by atoms with Gasteiger partial charge in [-0.15, -0.1) is 13.2 Å². The van der Waals surface area contributed by atoms with Gasteiger partial charge in [-0.25, -0.2) is 0 Å². The first-order chi connectivity index (χ1) is 13.2. The summed E-state index contributed by atoms with van der Waals surface area (Å²) in [6.45, 7) is 4.51. The van der Waals surface area contributed by atoms with Crippen LogP contribution in [-0.4, -0.2) is 22.1 Å². The molecule has 3 rings (SSSR count). The molecule has 0 spiro atoms. The van der Waals surface area contributed by atoms with Gasteiger partial charge in [0.1, 0.15) is 5.75 Å².